The molecule has 1 atom stereocenters. The molecule has 0 radical (unpaired) electrons. The SMILES string of the molecule is Cc1cccc(C(=O)NC(C)CCBr)c1F. The highest BCUT2D eigenvalue weighted by Gasteiger charge is 2.14. The number of amides is 1. The van der Waals surface area contributed by atoms with Crippen LogP contribution < -0.4 is 5.32 Å². The Morgan fingerprint density at radius 1 is 1.56 bits per heavy atom. The maximum absolute atomic E-state index is 13.6. The van der Waals surface area contributed by atoms with E-state index in [9.17, 15) is 9.18 Å². The van der Waals surface area contributed by atoms with E-state index >= 15 is 0 Å². The molecule has 4 heteroatoms. The van der Waals surface area contributed by atoms with Gasteiger partial charge >= 0.3 is 0 Å². The molecule has 1 amide bonds. The quantitative estimate of drug-likeness (QED) is 0.848. The van der Waals surface area contributed by atoms with Gasteiger partial charge in [0.15, 0.2) is 0 Å². The summed E-state index contributed by atoms with van der Waals surface area (Å²) < 4.78 is 13.6. The lowest BCUT2D eigenvalue weighted by atomic mass is 10.1. The Bertz CT molecular complexity index is 381. The number of alkyl halides is 1. The number of hydrogen-bond acceptors (Lipinski definition) is 1. The molecule has 1 unspecified atom stereocenters. The summed E-state index contributed by atoms with van der Waals surface area (Å²) in [5.74, 6) is -0.791. The molecule has 0 heterocycles. The van der Waals surface area contributed by atoms with Crippen molar-refractivity contribution in [2.75, 3.05) is 5.33 Å². The van der Waals surface area contributed by atoms with Crippen molar-refractivity contribution < 1.29 is 9.18 Å². The first-order chi connectivity index (χ1) is 7.56. The van der Waals surface area contributed by atoms with E-state index in [0.29, 0.717) is 5.56 Å². The van der Waals surface area contributed by atoms with E-state index in [0.717, 1.165) is 11.8 Å². The number of rotatable bonds is 4. The van der Waals surface area contributed by atoms with Crippen LogP contribution in [-0.4, -0.2) is 17.3 Å². The zero-order chi connectivity index (χ0) is 12.1. The van der Waals surface area contributed by atoms with Crippen LogP contribution in [0.15, 0.2) is 18.2 Å². The lowest BCUT2D eigenvalue weighted by Gasteiger charge is -2.13. The van der Waals surface area contributed by atoms with Gasteiger partial charge in [0.2, 0.25) is 0 Å². The van der Waals surface area contributed by atoms with Gasteiger partial charge in [-0.15, -0.1) is 0 Å². The van der Waals surface area contributed by atoms with E-state index < -0.39 is 5.82 Å². The second-order valence-electron chi connectivity index (χ2n) is 3.79. The van der Waals surface area contributed by atoms with E-state index in [1.165, 1.54) is 6.07 Å². The molecule has 0 spiro atoms. The van der Waals surface area contributed by atoms with Gasteiger partial charge in [-0.05, 0) is 31.9 Å². The number of halogens is 2. The van der Waals surface area contributed by atoms with Crippen molar-refractivity contribution >= 4 is 21.8 Å². The molecule has 1 aromatic carbocycles. The van der Waals surface area contributed by atoms with Crippen LogP contribution in [0.1, 0.15) is 29.3 Å². The Kier molecular flexibility index (Phi) is 4.93. The van der Waals surface area contributed by atoms with Crippen LogP contribution >= 0.6 is 15.9 Å². The molecule has 0 aliphatic heterocycles. The monoisotopic (exact) mass is 287 g/mol. The van der Waals surface area contributed by atoms with E-state index in [-0.39, 0.29) is 17.5 Å². The molecule has 0 bridgehead atoms. The predicted octanol–water partition coefficient (Wildman–Crippen LogP) is 3.04. The first-order valence-electron chi connectivity index (χ1n) is 5.18. The lowest BCUT2D eigenvalue weighted by molar-refractivity contribution is 0.0935. The molecule has 0 aromatic heterocycles. The maximum Gasteiger partial charge on any atom is 0.254 e. The van der Waals surface area contributed by atoms with Crippen LogP contribution in [0, 0.1) is 12.7 Å². The summed E-state index contributed by atoms with van der Waals surface area (Å²) in [5, 5.41) is 3.57. The van der Waals surface area contributed by atoms with E-state index in [4.69, 9.17) is 0 Å². The molecule has 1 aromatic rings. The van der Waals surface area contributed by atoms with Gasteiger partial charge in [-0.2, -0.15) is 0 Å². The summed E-state index contributed by atoms with van der Waals surface area (Å²) in [6.07, 6.45) is 0.819. The Balaban J connectivity index is 2.77. The van der Waals surface area contributed by atoms with E-state index in [2.05, 4.69) is 21.2 Å². The molecule has 0 aliphatic rings. The molecular weight excluding hydrogens is 273 g/mol. The summed E-state index contributed by atoms with van der Waals surface area (Å²) in [4.78, 5) is 11.7. The third-order valence-corrected chi connectivity index (χ3v) is 2.81. The smallest absolute Gasteiger partial charge is 0.254 e. The molecule has 0 aliphatic carbocycles. The largest absolute Gasteiger partial charge is 0.349 e. The number of aryl methyl sites for hydroxylation is 1. The Labute approximate surface area is 103 Å². The van der Waals surface area contributed by atoms with Crippen LogP contribution in [0.4, 0.5) is 4.39 Å². The molecule has 2 nitrogen and oxygen atoms in total. The van der Waals surface area contributed by atoms with E-state index in [1.807, 2.05) is 6.92 Å². The predicted molar refractivity (Wildman–Crippen MR) is 66.5 cm³/mol. The van der Waals surface area contributed by atoms with Gasteiger partial charge < -0.3 is 5.32 Å². The zero-order valence-electron chi connectivity index (χ0n) is 9.39. The zero-order valence-corrected chi connectivity index (χ0v) is 11.0. The van der Waals surface area contributed by atoms with Gasteiger partial charge in [0, 0.05) is 11.4 Å². The second-order valence-corrected chi connectivity index (χ2v) is 4.58. The lowest BCUT2D eigenvalue weighted by Crippen LogP contribution is -2.33. The van der Waals surface area contributed by atoms with Gasteiger partial charge in [0.05, 0.1) is 5.56 Å². The van der Waals surface area contributed by atoms with Gasteiger partial charge in [-0.25, -0.2) is 4.39 Å². The second kappa shape index (κ2) is 5.99. The standard InChI is InChI=1S/C12H15BrFNO/c1-8-4-3-5-10(11(8)14)12(16)15-9(2)6-7-13/h3-5,9H,6-7H2,1-2H3,(H,15,16). The van der Waals surface area contributed by atoms with Crippen molar-refractivity contribution in [3.8, 4) is 0 Å². The van der Waals surface area contributed by atoms with Crippen LogP contribution in [0.2, 0.25) is 0 Å². The van der Waals surface area contributed by atoms with Crippen molar-refractivity contribution in [1.29, 1.82) is 0 Å². The molecule has 1 N–H and O–H groups in total. The van der Waals surface area contributed by atoms with Gasteiger partial charge in [0.25, 0.3) is 5.91 Å². The third-order valence-electron chi connectivity index (χ3n) is 2.36. The van der Waals surface area contributed by atoms with Crippen LogP contribution in [-0.2, 0) is 0 Å². The highest BCUT2D eigenvalue weighted by atomic mass is 79.9. The van der Waals surface area contributed by atoms with E-state index in [1.54, 1.807) is 19.1 Å². The Hall–Kier alpha value is -0.900. The fourth-order valence-corrected chi connectivity index (χ4v) is 2.05. The summed E-state index contributed by atoms with van der Waals surface area (Å²) in [6.45, 7) is 3.54. The number of carbonyl (C=O) groups excluding carboxylic acids is 1. The molecular formula is C12H15BrFNO. The van der Waals surface area contributed by atoms with Gasteiger partial charge in [0.1, 0.15) is 5.82 Å². The first kappa shape index (κ1) is 13.2. The minimum atomic E-state index is -0.439. The molecule has 16 heavy (non-hydrogen) atoms. The molecule has 0 fully saturated rings. The normalized spacial score (nSPS) is 12.2. The first-order valence-corrected chi connectivity index (χ1v) is 6.30. The van der Waals surface area contributed by atoms with Gasteiger partial charge in [-0.1, -0.05) is 28.1 Å². The number of nitrogens with one attached hydrogen (secondary N) is 1. The summed E-state index contributed by atoms with van der Waals surface area (Å²) in [7, 11) is 0. The topological polar surface area (TPSA) is 29.1 Å². The highest BCUT2D eigenvalue weighted by Crippen LogP contribution is 2.12. The number of carbonyl (C=O) groups is 1. The average Bonchev–Trinajstić information content (AvgIpc) is 2.22. The summed E-state index contributed by atoms with van der Waals surface area (Å²) >= 11 is 3.30. The van der Waals surface area contributed by atoms with Crippen LogP contribution in [0.5, 0.6) is 0 Å². The minimum Gasteiger partial charge on any atom is -0.349 e. The van der Waals surface area contributed by atoms with Gasteiger partial charge in [-0.3, -0.25) is 4.79 Å². The van der Waals surface area contributed by atoms with Crippen molar-refractivity contribution in [3.05, 3.63) is 35.1 Å². The summed E-state index contributed by atoms with van der Waals surface area (Å²) in [5.41, 5.74) is 0.599. The fraction of sp³-hybridized carbons (Fsp3) is 0.417. The van der Waals surface area contributed by atoms with Crippen molar-refractivity contribution in [2.45, 2.75) is 26.3 Å². The van der Waals surface area contributed by atoms with Crippen molar-refractivity contribution in [3.63, 3.8) is 0 Å². The third kappa shape index (κ3) is 3.30. The molecule has 1 rings (SSSR count). The Morgan fingerprint density at radius 2 is 2.25 bits per heavy atom. The average molecular weight is 288 g/mol. The maximum atomic E-state index is 13.6. The minimum absolute atomic E-state index is 0.0341. The van der Waals surface area contributed by atoms with Crippen molar-refractivity contribution in [2.24, 2.45) is 0 Å². The molecule has 0 saturated heterocycles. The number of benzene rings is 1. The number of hydrogen-bond donors (Lipinski definition) is 1. The fourth-order valence-electron chi connectivity index (χ4n) is 1.36. The summed E-state index contributed by atoms with van der Waals surface area (Å²) in [6, 6.07) is 4.86. The Morgan fingerprint density at radius 3 is 2.88 bits per heavy atom. The van der Waals surface area contributed by atoms with Crippen LogP contribution in [0.25, 0.3) is 0 Å². The highest BCUT2D eigenvalue weighted by molar-refractivity contribution is 9.09. The molecule has 0 saturated carbocycles. The molecule has 88 valence electrons. The van der Waals surface area contributed by atoms with Crippen LogP contribution in [0.3, 0.4) is 0 Å². The van der Waals surface area contributed by atoms with Crippen molar-refractivity contribution in [1.82, 2.24) is 5.32 Å².